The fourth-order valence-electron chi connectivity index (χ4n) is 3.57. The molecule has 0 aromatic carbocycles. The van der Waals surface area contributed by atoms with E-state index in [2.05, 4.69) is 10.2 Å². The van der Waals surface area contributed by atoms with E-state index in [1.807, 2.05) is 6.92 Å². The number of hydrogen-bond donors (Lipinski definition) is 1. The third-order valence-electron chi connectivity index (χ3n) is 4.54. The molecule has 0 radical (unpaired) electrons. The number of fused-ring (bicyclic) bond motifs is 1. The lowest BCUT2D eigenvalue weighted by molar-refractivity contribution is 0.0517. The lowest BCUT2D eigenvalue weighted by Gasteiger charge is -2.32. The van der Waals surface area contributed by atoms with E-state index in [0.717, 1.165) is 24.1 Å². The zero-order valence-electron chi connectivity index (χ0n) is 10.9. The fourth-order valence-corrected chi connectivity index (χ4v) is 3.57. The van der Waals surface area contributed by atoms with E-state index in [4.69, 9.17) is 4.74 Å². The minimum Gasteiger partial charge on any atom is -0.461 e. The van der Waals surface area contributed by atoms with Gasteiger partial charge in [-0.05, 0) is 44.4 Å². The second kappa shape index (κ2) is 4.41. The molecule has 0 saturated heterocycles. The quantitative estimate of drug-likeness (QED) is 0.818. The zero-order chi connectivity index (χ0) is 12.6. The number of rotatable bonds is 2. The monoisotopic (exact) mass is 248 g/mol. The van der Waals surface area contributed by atoms with Gasteiger partial charge in [0, 0.05) is 5.56 Å². The van der Waals surface area contributed by atoms with Gasteiger partial charge < -0.3 is 4.74 Å². The second-order valence-electron chi connectivity index (χ2n) is 5.63. The average Bonchev–Trinajstić information content (AvgIpc) is 2.97. The van der Waals surface area contributed by atoms with E-state index >= 15 is 0 Å². The zero-order valence-corrected chi connectivity index (χ0v) is 10.9. The number of H-pyrrole nitrogens is 1. The van der Waals surface area contributed by atoms with E-state index in [9.17, 15) is 4.79 Å². The molecule has 1 spiro atoms. The summed E-state index contributed by atoms with van der Waals surface area (Å²) < 4.78 is 5.09. The van der Waals surface area contributed by atoms with Gasteiger partial charge in [-0.1, -0.05) is 12.8 Å². The lowest BCUT2D eigenvalue weighted by Crippen LogP contribution is -2.26. The average molecular weight is 248 g/mol. The Bertz CT molecular complexity index is 458. The van der Waals surface area contributed by atoms with Crippen molar-refractivity contribution in [3.8, 4) is 0 Å². The van der Waals surface area contributed by atoms with Crippen molar-refractivity contribution in [3.05, 3.63) is 17.0 Å². The summed E-state index contributed by atoms with van der Waals surface area (Å²) in [6.07, 6.45) is 8.52. The maximum Gasteiger partial charge on any atom is 0.356 e. The van der Waals surface area contributed by atoms with Crippen molar-refractivity contribution in [1.82, 2.24) is 10.2 Å². The predicted octanol–water partition coefficient (Wildman–Crippen LogP) is 2.64. The molecule has 4 nitrogen and oxygen atoms in total. The molecular formula is C14H20N2O2. The van der Waals surface area contributed by atoms with Crippen LogP contribution in [0.3, 0.4) is 0 Å². The molecule has 4 heteroatoms. The van der Waals surface area contributed by atoms with Gasteiger partial charge in [-0.25, -0.2) is 4.79 Å². The predicted molar refractivity (Wildman–Crippen MR) is 67.5 cm³/mol. The molecular weight excluding hydrogens is 228 g/mol. The summed E-state index contributed by atoms with van der Waals surface area (Å²) in [5.74, 6) is -0.249. The Morgan fingerprint density at radius 2 is 2.17 bits per heavy atom. The van der Waals surface area contributed by atoms with Crippen molar-refractivity contribution < 1.29 is 9.53 Å². The van der Waals surface area contributed by atoms with Gasteiger partial charge >= 0.3 is 5.97 Å². The van der Waals surface area contributed by atoms with E-state index in [0.29, 0.717) is 17.7 Å². The standard InChI is InChI=1S/C14H20N2O2/c1-2-18-13(17)12-10-9-14(6-3-4-7-14)8-5-11(10)15-16-12/h2-9H2,1H3,(H,15,16). The number of hydrogen-bond acceptors (Lipinski definition) is 3. The van der Waals surface area contributed by atoms with Crippen molar-refractivity contribution in [2.24, 2.45) is 5.41 Å². The van der Waals surface area contributed by atoms with Crippen LogP contribution >= 0.6 is 0 Å². The molecule has 98 valence electrons. The number of esters is 1. The number of aryl methyl sites for hydroxylation is 1. The van der Waals surface area contributed by atoms with Gasteiger partial charge in [-0.2, -0.15) is 5.10 Å². The van der Waals surface area contributed by atoms with Crippen LogP contribution < -0.4 is 0 Å². The van der Waals surface area contributed by atoms with Crippen LogP contribution in [0, 0.1) is 5.41 Å². The van der Waals surface area contributed by atoms with E-state index in [1.54, 1.807) is 0 Å². The fraction of sp³-hybridized carbons (Fsp3) is 0.714. The number of nitrogens with zero attached hydrogens (tertiary/aromatic N) is 1. The number of carbonyl (C=O) groups excluding carboxylic acids is 1. The van der Waals surface area contributed by atoms with Crippen LogP contribution in [-0.4, -0.2) is 22.8 Å². The van der Waals surface area contributed by atoms with Crippen LogP contribution in [0.2, 0.25) is 0 Å². The third-order valence-corrected chi connectivity index (χ3v) is 4.54. The molecule has 0 unspecified atom stereocenters. The van der Waals surface area contributed by atoms with Gasteiger partial charge in [0.15, 0.2) is 0 Å². The number of carbonyl (C=O) groups is 1. The maximum atomic E-state index is 11.9. The van der Waals surface area contributed by atoms with Crippen molar-refractivity contribution in [2.45, 2.75) is 51.9 Å². The highest BCUT2D eigenvalue weighted by Gasteiger charge is 2.39. The molecule has 0 bridgehead atoms. The Kier molecular flexibility index (Phi) is 2.88. The maximum absolute atomic E-state index is 11.9. The Hall–Kier alpha value is -1.32. The first-order chi connectivity index (χ1) is 8.74. The smallest absolute Gasteiger partial charge is 0.356 e. The molecule has 1 aromatic heterocycles. The summed E-state index contributed by atoms with van der Waals surface area (Å²) in [6.45, 7) is 2.25. The Labute approximate surface area is 107 Å². The summed E-state index contributed by atoms with van der Waals surface area (Å²) in [5.41, 5.74) is 3.24. The Morgan fingerprint density at radius 1 is 1.39 bits per heavy atom. The van der Waals surface area contributed by atoms with E-state index in [1.165, 1.54) is 32.1 Å². The van der Waals surface area contributed by atoms with Crippen LogP contribution in [0.25, 0.3) is 0 Å². The van der Waals surface area contributed by atoms with Gasteiger partial charge in [0.1, 0.15) is 5.69 Å². The largest absolute Gasteiger partial charge is 0.461 e. The first-order valence-electron chi connectivity index (χ1n) is 6.97. The Balaban J connectivity index is 1.88. The van der Waals surface area contributed by atoms with Gasteiger partial charge in [0.05, 0.1) is 12.3 Å². The third kappa shape index (κ3) is 1.84. The number of ether oxygens (including phenoxy) is 1. The van der Waals surface area contributed by atoms with Crippen LogP contribution in [-0.2, 0) is 17.6 Å². The van der Waals surface area contributed by atoms with Crippen LogP contribution in [0.5, 0.6) is 0 Å². The van der Waals surface area contributed by atoms with Crippen LogP contribution in [0.15, 0.2) is 0 Å². The Morgan fingerprint density at radius 3 is 2.89 bits per heavy atom. The van der Waals surface area contributed by atoms with Gasteiger partial charge in [0.2, 0.25) is 0 Å². The van der Waals surface area contributed by atoms with E-state index < -0.39 is 0 Å². The highest BCUT2D eigenvalue weighted by atomic mass is 16.5. The molecule has 0 amide bonds. The molecule has 1 aromatic rings. The van der Waals surface area contributed by atoms with Crippen molar-refractivity contribution in [2.75, 3.05) is 6.61 Å². The number of aromatic nitrogens is 2. The van der Waals surface area contributed by atoms with Crippen molar-refractivity contribution in [3.63, 3.8) is 0 Å². The normalized spacial score (nSPS) is 20.9. The van der Waals surface area contributed by atoms with Crippen molar-refractivity contribution >= 4 is 5.97 Å². The van der Waals surface area contributed by atoms with Gasteiger partial charge in [-0.3, -0.25) is 5.10 Å². The molecule has 3 rings (SSSR count). The second-order valence-corrected chi connectivity index (χ2v) is 5.63. The van der Waals surface area contributed by atoms with Gasteiger partial charge in [-0.15, -0.1) is 0 Å². The molecule has 1 heterocycles. The molecule has 18 heavy (non-hydrogen) atoms. The summed E-state index contributed by atoms with van der Waals surface area (Å²) in [7, 11) is 0. The molecule has 1 saturated carbocycles. The first kappa shape index (κ1) is 11.8. The minimum atomic E-state index is -0.249. The highest BCUT2D eigenvalue weighted by molar-refractivity contribution is 5.89. The highest BCUT2D eigenvalue weighted by Crippen LogP contribution is 2.47. The minimum absolute atomic E-state index is 0.249. The van der Waals surface area contributed by atoms with Crippen LogP contribution in [0.1, 0.15) is 60.8 Å². The van der Waals surface area contributed by atoms with Crippen molar-refractivity contribution in [1.29, 1.82) is 0 Å². The summed E-state index contributed by atoms with van der Waals surface area (Å²) >= 11 is 0. The summed E-state index contributed by atoms with van der Waals surface area (Å²) in [6, 6.07) is 0. The van der Waals surface area contributed by atoms with Gasteiger partial charge in [0.25, 0.3) is 0 Å². The molecule has 2 aliphatic rings. The molecule has 0 atom stereocenters. The molecule has 2 aliphatic carbocycles. The van der Waals surface area contributed by atoms with E-state index in [-0.39, 0.29) is 5.97 Å². The number of nitrogens with one attached hydrogen (secondary N) is 1. The molecule has 0 aliphatic heterocycles. The summed E-state index contributed by atoms with van der Waals surface area (Å²) in [4.78, 5) is 11.9. The first-order valence-corrected chi connectivity index (χ1v) is 6.97. The summed E-state index contributed by atoms with van der Waals surface area (Å²) in [5, 5.41) is 7.17. The molecule has 1 N–H and O–H groups in total. The number of aromatic amines is 1. The topological polar surface area (TPSA) is 55.0 Å². The SMILES string of the molecule is CCOC(=O)c1[nH]nc2c1CC1(CCCC1)CC2. The molecule has 1 fully saturated rings. The lowest BCUT2D eigenvalue weighted by atomic mass is 9.71. The van der Waals surface area contributed by atoms with Crippen LogP contribution in [0.4, 0.5) is 0 Å².